The van der Waals surface area contributed by atoms with Crippen LogP contribution < -0.4 is 41.2 Å². The summed E-state index contributed by atoms with van der Waals surface area (Å²) in [6.07, 6.45) is -2.83. The Labute approximate surface area is 633 Å². The van der Waals surface area contributed by atoms with E-state index >= 15 is 0 Å². The van der Waals surface area contributed by atoms with Crippen molar-refractivity contribution in [3.8, 4) is 17.6 Å². The first-order valence-corrected chi connectivity index (χ1v) is 38.6. The van der Waals surface area contributed by atoms with E-state index in [1.807, 2.05) is 83.8 Å². The number of hydrogen-bond acceptors (Lipinski definition) is 23. The number of anilines is 2. The Morgan fingerprint density at radius 2 is 1.38 bits per heavy atom. The van der Waals surface area contributed by atoms with Crippen LogP contribution in [0.5, 0.6) is 11.5 Å². The van der Waals surface area contributed by atoms with E-state index in [1.165, 1.54) is 21.6 Å². The second kappa shape index (κ2) is 41.9. The molecular formula is C74H92F3N12O16PS2. The average molecular weight is 1560 g/mol. The van der Waals surface area contributed by atoms with Crippen LogP contribution in [-0.2, 0) is 69.0 Å². The second-order valence-corrected chi connectivity index (χ2v) is 29.8. The van der Waals surface area contributed by atoms with Crippen molar-refractivity contribution < 1.29 is 84.3 Å². The molecule has 28 nitrogen and oxygen atoms in total. The number of benzene rings is 4. The number of likely N-dealkylation sites (tertiary alicyclic amines) is 1. The van der Waals surface area contributed by atoms with Crippen LogP contribution in [0.3, 0.4) is 0 Å². The maximum absolute atomic E-state index is 14.6. The molecule has 1 aliphatic rings. The minimum absolute atomic E-state index is 0.0195. The van der Waals surface area contributed by atoms with Crippen molar-refractivity contribution in [2.24, 2.45) is 5.92 Å². The van der Waals surface area contributed by atoms with E-state index in [1.54, 1.807) is 28.1 Å². The molecular weight excluding hydrogens is 1460 g/mol. The lowest BCUT2D eigenvalue weighted by Crippen LogP contribution is -2.45. The lowest BCUT2D eigenvalue weighted by molar-refractivity contribution is -0.170. The lowest BCUT2D eigenvalue weighted by Gasteiger charge is -2.38. The average Bonchev–Trinajstić information content (AvgIpc) is 0.850. The number of ether oxygens (including phenoxy) is 5. The van der Waals surface area contributed by atoms with Crippen LogP contribution in [0.1, 0.15) is 132 Å². The van der Waals surface area contributed by atoms with Gasteiger partial charge in [0.15, 0.2) is 11.2 Å². The minimum Gasteiger partial charge on any atom is -0.497 e. The van der Waals surface area contributed by atoms with E-state index < -0.39 is 110 Å². The number of nitrogens with one attached hydrogen (secondary N) is 5. The third-order valence-corrected chi connectivity index (χ3v) is 21.7. The summed E-state index contributed by atoms with van der Waals surface area (Å²) < 4.78 is 85.6. The van der Waals surface area contributed by atoms with Gasteiger partial charge in [-0.15, -0.1) is 0 Å². The third-order valence-electron chi connectivity index (χ3n) is 17.1. The van der Waals surface area contributed by atoms with Gasteiger partial charge < -0.3 is 53.6 Å². The van der Waals surface area contributed by atoms with Crippen molar-refractivity contribution in [2.75, 3.05) is 76.5 Å². The summed E-state index contributed by atoms with van der Waals surface area (Å²) in [5.74, 6) is -5.43. The Morgan fingerprint density at radius 3 is 1.97 bits per heavy atom. The maximum Gasteiger partial charge on any atom is 0.471 e. The summed E-state index contributed by atoms with van der Waals surface area (Å²) in [5, 5.41) is 19.8. The highest BCUT2D eigenvalue weighted by Crippen LogP contribution is 2.49. The number of halogens is 3. The van der Waals surface area contributed by atoms with Crippen molar-refractivity contribution in [1.82, 2.24) is 45.5 Å². The quantitative estimate of drug-likeness (QED) is 0.00783. The first-order valence-electron chi connectivity index (χ1n) is 35.0. The molecule has 108 heavy (non-hydrogen) atoms. The maximum atomic E-state index is 14.6. The first-order chi connectivity index (χ1) is 51.6. The number of fused-ring (bicyclic) bond motifs is 1. The molecule has 3 heterocycles. The standard InChI is InChI=1S/C74H92F3N12O16PS2/c1-46(2)66(93)85-72-84-65-64(68(95)86-72)81-53(41-80-65)42-88(71(98)74(75,76)77)54-27-21-49(22-28-54)67(94)83-59(69(96)101-9)33-34-62(91)82-60(70(97)102-10)45-108-107-39-35-61(90)79-37-16-12-15-20-63(92)87-43-58(105-106(104-38-17-36-78)89(47(3)4)48(5)6)40-55(87)44-103-73(50-18-13-11-14-19-50,51-23-29-56(99-7)30-24-51)52-25-31-57(100-8)32-26-52/h11,13-14,18-19,21-32,41,46-48,55,58-60H,12,15-17,20,33-35,37-40,42-45H2,1-10H3,(H,79,90)(H,82,91)(H,83,94)(H2,80,84,85,86,93,95)/t55-,58+,59-,60-,106?/m0/s1. The van der Waals surface area contributed by atoms with E-state index in [4.69, 9.17) is 32.7 Å². The van der Waals surface area contributed by atoms with Gasteiger partial charge in [0.1, 0.15) is 29.2 Å². The highest BCUT2D eigenvalue weighted by atomic mass is 33.1. The number of H-pyrrole nitrogens is 1. The van der Waals surface area contributed by atoms with Gasteiger partial charge in [-0.25, -0.2) is 24.2 Å². The van der Waals surface area contributed by atoms with Gasteiger partial charge in [0.25, 0.3) is 20.0 Å². The van der Waals surface area contributed by atoms with Crippen LogP contribution in [0.15, 0.2) is 114 Å². The van der Waals surface area contributed by atoms with Gasteiger partial charge >= 0.3 is 24.0 Å². The fourth-order valence-electron chi connectivity index (χ4n) is 11.7. The Balaban J connectivity index is 0.889. The molecule has 1 aliphatic heterocycles. The molecule has 582 valence electrons. The smallest absolute Gasteiger partial charge is 0.471 e. The number of aromatic nitrogens is 4. The third kappa shape index (κ3) is 24.4. The summed E-state index contributed by atoms with van der Waals surface area (Å²) >= 11 is 0. The molecule has 6 aromatic rings. The van der Waals surface area contributed by atoms with Gasteiger partial charge in [0.2, 0.25) is 29.6 Å². The minimum atomic E-state index is -5.39. The summed E-state index contributed by atoms with van der Waals surface area (Å²) in [4.78, 5) is 135. The zero-order valence-corrected chi connectivity index (χ0v) is 64.3. The van der Waals surface area contributed by atoms with Crippen LogP contribution >= 0.6 is 30.1 Å². The molecule has 1 unspecified atom stereocenters. The number of alkyl halides is 3. The van der Waals surface area contributed by atoms with Crippen LogP contribution in [0, 0.1) is 17.2 Å². The number of aromatic amines is 1. The molecule has 2 aromatic heterocycles. The molecule has 7 rings (SSSR count). The van der Waals surface area contributed by atoms with E-state index in [-0.39, 0.29) is 104 Å². The van der Waals surface area contributed by atoms with Gasteiger partial charge in [0.05, 0.1) is 84.7 Å². The van der Waals surface area contributed by atoms with Gasteiger partial charge in [-0.05, 0) is 119 Å². The van der Waals surface area contributed by atoms with E-state index in [0.717, 1.165) is 61.4 Å². The molecule has 6 amide bonds. The number of nitriles is 1. The summed E-state index contributed by atoms with van der Waals surface area (Å²) in [6, 6.07) is 28.8. The Bertz CT molecular complexity index is 4050. The first kappa shape index (κ1) is 86.0. The monoisotopic (exact) mass is 1560 g/mol. The predicted octanol–water partition coefficient (Wildman–Crippen LogP) is 9.85. The van der Waals surface area contributed by atoms with Crippen LogP contribution in [0.25, 0.3) is 11.2 Å². The highest BCUT2D eigenvalue weighted by Gasteiger charge is 2.45. The molecule has 0 radical (unpaired) electrons. The summed E-state index contributed by atoms with van der Waals surface area (Å²) in [5.41, 5.74) is -0.929. The second-order valence-electron chi connectivity index (χ2n) is 25.8. The van der Waals surface area contributed by atoms with Crippen molar-refractivity contribution >= 4 is 100 Å². The molecule has 0 spiro atoms. The number of carbonyl (C=O) groups excluding carboxylic acids is 8. The lowest BCUT2D eigenvalue weighted by atomic mass is 9.80. The van der Waals surface area contributed by atoms with Crippen molar-refractivity contribution in [3.05, 3.63) is 148 Å². The van der Waals surface area contributed by atoms with Crippen LogP contribution in [-0.4, -0.2) is 186 Å². The number of methoxy groups -OCH3 is 4. The molecule has 1 saturated heterocycles. The van der Waals surface area contributed by atoms with Crippen LogP contribution in [0.4, 0.5) is 24.8 Å². The largest absolute Gasteiger partial charge is 0.497 e. The van der Waals surface area contributed by atoms with E-state index in [9.17, 15) is 61.6 Å². The number of nitrogens with zero attached hydrogens (tertiary/aromatic N) is 7. The molecule has 4 aromatic carbocycles. The number of unbranched alkanes of at least 4 members (excludes halogenated alkanes) is 2. The summed E-state index contributed by atoms with van der Waals surface area (Å²) in [6.45, 7) is 11.6. The van der Waals surface area contributed by atoms with Crippen molar-refractivity contribution in [2.45, 2.75) is 154 Å². The topological polar surface area (TPSA) is 354 Å². The highest BCUT2D eigenvalue weighted by molar-refractivity contribution is 8.76. The number of rotatable bonds is 41. The molecule has 1 fully saturated rings. The van der Waals surface area contributed by atoms with E-state index in [0.29, 0.717) is 54.4 Å². The van der Waals surface area contributed by atoms with Crippen LogP contribution in [0.2, 0.25) is 0 Å². The zero-order chi connectivity index (χ0) is 78.7. The SMILES string of the molecule is COC(=O)[C@H](CSSCCC(=O)NCCCCCC(=O)N1C[C@H](OP(OCCC#N)N(C(C)C)C(C)C)C[C@H]1COC(c1ccccc1)(c1ccc(OC)cc1)c1ccc(OC)cc1)NC(=O)CC[C@H](NC(=O)c1ccc(N(Cc2cnc3nc(NC(=O)C(C)C)[nH]c(=O)c3n2)C(=O)C(F)(F)F)cc1)C(=O)OC. The predicted molar refractivity (Wildman–Crippen MR) is 401 cm³/mol. The van der Waals surface area contributed by atoms with Gasteiger partial charge in [-0.1, -0.05) is 96.5 Å². The zero-order valence-electron chi connectivity index (χ0n) is 61.8. The number of carbonyl (C=O) groups is 8. The van der Waals surface area contributed by atoms with E-state index in [2.05, 4.69) is 79.6 Å². The molecule has 0 aliphatic carbocycles. The van der Waals surface area contributed by atoms with Crippen molar-refractivity contribution in [1.29, 1.82) is 5.26 Å². The Morgan fingerprint density at radius 1 is 0.750 bits per heavy atom. The molecule has 0 bridgehead atoms. The molecule has 34 heteroatoms. The molecule has 0 saturated carbocycles. The normalized spacial score (nSPS) is 14.6. The fourth-order valence-corrected chi connectivity index (χ4v) is 15.6. The number of esters is 2. The van der Waals surface area contributed by atoms with Gasteiger partial charge in [0, 0.05) is 73.1 Å². The Hall–Kier alpha value is -9.29. The molecule has 5 atom stereocenters. The Kier molecular flexibility index (Phi) is 33.3. The number of hydrogen-bond donors (Lipinski definition) is 5. The number of amides is 6. The summed E-state index contributed by atoms with van der Waals surface area (Å²) in [7, 11) is 6.25. The fraction of sp³-hybridized carbons (Fsp3) is 0.473. The molecule has 5 N–H and O–H groups in total. The van der Waals surface area contributed by atoms with Gasteiger partial charge in [-0.3, -0.25) is 48.8 Å². The van der Waals surface area contributed by atoms with Gasteiger partial charge in [-0.2, -0.15) is 23.4 Å². The van der Waals surface area contributed by atoms with Crippen molar-refractivity contribution in [3.63, 3.8) is 0 Å².